The number of hydrogen-bond donors (Lipinski definition) is 3. The van der Waals surface area contributed by atoms with E-state index < -0.39 is 18.0 Å². The summed E-state index contributed by atoms with van der Waals surface area (Å²) in [5, 5.41) is 15.4. The average Bonchev–Trinajstić information content (AvgIpc) is 2.69. The summed E-state index contributed by atoms with van der Waals surface area (Å²) in [4.78, 5) is 24.8. The molecule has 0 aliphatic carbocycles. The van der Waals surface area contributed by atoms with E-state index in [1.54, 1.807) is 31.2 Å². The maximum atomic E-state index is 12.6. The van der Waals surface area contributed by atoms with Gasteiger partial charge < -0.3 is 25.2 Å². The molecule has 0 radical (unpaired) electrons. The summed E-state index contributed by atoms with van der Waals surface area (Å²) < 4.78 is 10.4. The van der Waals surface area contributed by atoms with Crippen molar-refractivity contribution < 1.29 is 24.2 Å². The zero-order valence-corrected chi connectivity index (χ0v) is 15.0. The summed E-state index contributed by atoms with van der Waals surface area (Å²) >= 11 is 0. The number of rotatable bonds is 5. The number of hydrogen-bond acceptors (Lipinski definition) is 5. The lowest BCUT2D eigenvalue weighted by atomic mass is 9.92. The maximum Gasteiger partial charge on any atom is 0.338 e. The zero-order valence-electron chi connectivity index (χ0n) is 15.0. The second-order valence-electron chi connectivity index (χ2n) is 5.84. The van der Waals surface area contributed by atoms with E-state index in [-0.39, 0.29) is 17.1 Å². The second-order valence-corrected chi connectivity index (χ2v) is 5.84. The molecule has 7 heteroatoms. The lowest BCUT2D eigenvalue weighted by Gasteiger charge is -2.29. The fourth-order valence-corrected chi connectivity index (χ4v) is 2.96. The number of phenolic OH excluding ortho intramolecular Hbond substituents is 1. The van der Waals surface area contributed by atoms with Gasteiger partial charge in [-0.25, -0.2) is 9.59 Å². The third kappa shape index (κ3) is 3.72. The molecule has 3 N–H and O–H groups in total. The van der Waals surface area contributed by atoms with E-state index in [9.17, 15) is 14.7 Å². The third-order valence-corrected chi connectivity index (χ3v) is 4.16. The number of amides is 2. The van der Waals surface area contributed by atoms with Crippen LogP contribution in [-0.2, 0) is 9.53 Å². The van der Waals surface area contributed by atoms with Gasteiger partial charge >= 0.3 is 12.0 Å². The van der Waals surface area contributed by atoms with Gasteiger partial charge in [-0.1, -0.05) is 36.4 Å². The van der Waals surface area contributed by atoms with Crippen molar-refractivity contribution >= 4 is 17.7 Å². The van der Waals surface area contributed by atoms with Crippen LogP contribution in [0, 0.1) is 0 Å². The van der Waals surface area contributed by atoms with Crippen LogP contribution in [0.15, 0.2) is 54.1 Å². The predicted octanol–water partition coefficient (Wildman–Crippen LogP) is 2.73. The number of methoxy groups -OCH3 is 1. The Balaban J connectivity index is 2.16. The van der Waals surface area contributed by atoms with Gasteiger partial charge in [-0.3, -0.25) is 0 Å². The minimum absolute atomic E-state index is 0.0206. The van der Waals surface area contributed by atoms with Crippen LogP contribution >= 0.6 is 0 Å². The molecule has 7 nitrogen and oxygen atoms in total. The first-order chi connectivity index (χ1) is 13.0. The fraction of sp³-hybridized carbons (Fsp3) is 0.200. The van der Waals surface area contributed by atoms with Crippen molar-refractivity contribution in [2.24, 2.45) is 0 Å². The molecule has 2 amide bonds. The predicted molar refractivity (Wildman–Crippen MR) is 99.1 cm³/mol. The van der Waals surface area contributed by atoms with Gasteiger partial charge in [-0.15, -0.1) is 0 Å². The monoisotopic (exact) mass is 368 g/mol. The highest BCUT2D eigenvalue weighted by molar-refractivity contribution is 6.04. The van der Waals surface area contributed by atoms with Crippen LogP contribution < -0.4 is 15.4 Å². The first-order valence-corrected chi connectivity index (χ1v) is 8.46. The third-order valence-electron chi connectivity index (χ3n) is 4.16. The Kier molecular flexibility index (Phi) is 5.30. The van der Waals surface area contributed by atoms with Gasteiger partial charge in [-0.2, -0.15) is 0 Å². The van der Waals surface area contributed by atoms with Crippen LogP contribution in [0.1, 0.15) is 24.1 Å². The Bertz CT molecular complexity index is 893. The molecule has 1 heterocycles. The van der Waals surface area contributed by atoms with Gasteiger partial charge in [0.2, 0.25) is 0 Å². The number of phenols is 1. The molecule has 0 spiro atoms. The van der Waals surface area contributed by atoms with Crippen molar-refractivity contribution in [2.75, 3.05) is 13.7 Å². The minimum Gasteiger partial charge on any atom is -0.504 e. The van der Waals surface area contributed by atoms with Gasteiger partial charge in [0.05, 0.1) is 31.0 Å². The van der Waals surface area contributed by atoms with E-state index in [0.717, 1.165) is 0 Å². The van der Waals surface area contributed by atoms with Crippen molar-refractivity contribution in [3.63, 3.8) is 0 Å². The SMILES string of the molecule is CCOc1cc(C2NC(=O)NC(c3ccccc3)=C2C(=O)OC)ccc1O. The van der Waals surface area contributed by atoms with Gasteiger partial charge in [0.25, 0.3) is 0 Å². The molecule has 0 saturated heterocycles. The molecule has 1 unspecified atom stereocenters. The molecule has 0 bridgehead atoms. The molecule has 0 fully saturated rings. The average molecular weight is 368 g/mol. The van der Waals surface area contributed by atoms with E-state index in [1.165, 1.54) is 13.2 Å². The highest BCUT2D eigenvalue weighted by Gasteiger charge is 2.34. The van der Waals surface area contributed by atoms with E-state index in [2.05, 4.69) is 10.6 Å². The summed E-state index contributed by atoms with van der Waals surface area (Å²) in [6.07, 6.45) is 0. The Morgan fingerprint density at radius 3 is 2.59 bits per heavy atom. The molecule has 140 valence electrons. The fourth-order valence-electron chi connectivity index (χ4n) is 2.96. The number of urea groups is 1. The molecule has 0 saturated carbocycles. The van der Waals surface area contributed by atoms with Crippen LogP contribution in [0.25, 0.3) is 5.70 Å². The summed E-state index contributed by atoms with van der Waals surface area (Å²) in [5.41, 5.74) is 1.90. The Labute approximate surface area is 156 Å². The highest BCUT2D eigenvalue weighted by atomic mass is 16.5. The largest absolute Gasteiger partial charge is 0.504 e. The number of carbonyl (C=O) groups excluding carboxylic acids is 2. The first kappa shape index (κ1) is 18.3. The molecule has 1 aliphatic rings. The van der Waals surface area contributed by atoms with Gasteiger partial charge in [-0.05, 0) is 30.2 Å². The van der Waals surface area contributed by atoms with Crippen molar-refractivity contribution in [2.45, 2.75) is 13.0 Å². The first-order valence-electron chi connectivity index (χ1n) is 8.46. The van der Waals surface area contributed by atoms with Crippen LogP contribution in [0.2, 0.25) is 0 Å². The van der Waals surface area contributed by atoms with Crippen molar-refractivity contribution in [3.8, 4) is 11.5 Å². The summed E-state index contributed by atoms with van der Waals surface area (Å²) in [6.45, 7) is 2.16. The highest BCUT2D eigenvalue weighted by Crippen LogP contribution is 2.35. The lowest BCUT2D eigenvalue weighted by Crippen LogP contribution is -2.45. The molecule has 27 heavy (non-hydrogen) atoms. The summed E-state index contributed by atoms with van der Waals surface area (Å²) in [7, 11) is 1.29. The van der Waals surface area contributed by atoms with E-state index in [4.69, 9.17) is 9.47 Å². The van der Waals surface area contributed by atoms with Crippen LogP contribution in [0.3, 0.4) is 0 Å². The van der Waals surface area contributed by atoms with Crippen LogP contribution in [-0.4, -0.2) is 30.8 Å². The number of carbonyl (C=O) groups is 2. The van der Waals surface area contributed by atoms with Crippen molar-refractivity contribution in [1.82, 2.24) is 10.6 Å². The lowest BCUT2D eigenvalue weighted by molar-refractivity contribution is -0.136. The molecule has 2 aromatic rings. The molecule has 2 aromatic carbocycles. The molecular weight excluding hydrogens is 348 g/mol. The minimum atomic E-state index is -0.763. The van der Waals surface area contributed by atoms with Gasteiger partial charge in [0, 0.05) is 0 Å². The number of nitrogens with one attached hydrogen (secondary N) is 2. The van der Waals surface area contributed by atoms with Gasteiger partial charge in [0.15, 0.2) is 11.5 Å². The summed E-state index contributed by atoms with van der Waals surface area (Å²) in [5.74, 6) is -0.321. The molecular formula is C20H20N2O5. The standard InChI is InChI=1S/C20H20N2O5/c1-3-27-15-11-13(9-10-14(15)23)18-16(19(24)26-2)17(21-20(25)22-18)12-7-5-4-6-8-12/h4-11,18,23H,3H2,1-2H3,(H2,21,22,25). The number of benzene rings is 2. The summed E-state index contributed by atoms with van der Waals surface area (Å²) in [6, 6.07) is 12.5. The van der Waals surface area contributed by atoms with Gasteiger partial charge in [0.1, 0.15) is 0 Å². The quantitative estimate of drug-likeness (QED) is 0.705. The van der Waals surface area contributed by atoms with Crippen molar-refractivity contribution in [1.29, 1.82) is 0 Å². The Hall–Kier alpha value is -3.48. The molecule has 1 aliphatic heterocycles. The number of aromatic hydroxyl groups is 1. The maximum absolute atomic E-state index is 12.6. The van der Waals surface area contributed by atoms with E-state index >= 15 is 0 Å². The topological polar surface area (TPSA) is 96.9 Å². The van der Waals surface area contributed by atoms with Crippen LogP contribution in [0.5, 0.6) is 11.5 Å². The number of esters is 1. The smallest absolute Gasteiger partial charge is 0.338 e. The molecule has 1 atom stereocenters. The van der Waals surface area contributed by atoms with E-state index in [0.29, 0.717) is 23.4 Å². The Morgan fingerprint density at radius 2 is 1.93 bits per heavy atom. The van der Waals surface area contributed by atoms with E-state index in [1.807, 2.05) is 18.2 Å². The van der Waals surface area contributed by atoms with Crippen LogP contribution in [0.4, 0.5) is 4.79 Å². The zero-order chi connectivity index (χ0) is 19.4. The number of ether oxygens (including phenoxy) is 2. The molecule has 0 aromatic heterocycles. The Morgan fingerprint density at radius 1 is 1.19 bits per heavy atom. The molecule has 3 rings (SSSR count). The second kappa shape index (κ2) is 7.82. The normalized spacial score (nSPS) is 16.4. The van der Waals surface area contributed by atoms with Crippen molar-refractivity contribution in [3.05, 3.63) is 65.2 Å².